The van der Waals surface area contributed by atoms with Crippen molar-refractivity contribution in [3.8, 4) is 0 Å². The van der Waals surface area contributed by atoms with Crippen molar-refractivity contribution in [1.29, 1.82) is 0 Å². The van der Waals surface area contributed by atoms with E-state index in [2.05, 4.69) is 5.32 Å². The SMILES string of the molecule is CC(C)(CC(N)=O)NCc1cc(Cl)cs1. The largest absolute Gasteiger partial charge is 0.370 e. The summed E-state index contributed by atoms with van der Waals surface area (Å²) < 4.78 is 0. The highest BCUT2D eigenvalue weighted by molar-refractivity contribution is 7.10. The topological polar surface area (TPSA) is 55.1 Å². The minimum Gasteiger partial charge on any atom is -0.370 e. The second-order valence-corrected chi connectivity index (χ2v) is 5.54. The average Bonchev–Trinajstić information content (AvgIpc) is 2.46. The second-order valence-electron chi connectivity index (χ2n) is 4.11. The standard InChI is InChI=1S/C10H15ClN2OS/c1-10(2,4-9(12)14)13-5-8-3-7(11)6-15-8/h3,6,13H,4-5H2,1-2H3,(H2,12,14). The maximum absolute atomic E-state index is 10.8. The van der Waals surface area contributed by atoms with Crippen LogP contribution in [0.4, 0.5) is 0 Å². The van der Waals surface area contributed by atoms with Crippen molar-refractivity contribution in [2.45, 2.75) is 32.4 Å². The van der Waals surface area contributed by atoms with E-state index in [-0.39, 0.29) is 11.4 Å². The van der Waals surface area contributed by atoms with Gasteiger partial charge in [0.2, 0.25) is 5.91 Å². The number of nitrogens with one attached hydrogen (secondary N) is 1. The average molecular weight is 247 g/mol. The summed E-state index contributed by atoms with van der Waals surface area (Å²) in [6, 6.07) is 1.92. The molecule has 3 N–H and O–H groups in total. The molecule has 1 aromatic heterocycles. The Hall–Kier alpha value is -0.580. The van der Waals surface area contributed by atoms with E-state index in [1.165, 1.54) is 0 Å². The minimum atomic E-state index is -0.295. The van der Waals surface area contributed by atoms with E-state index in [4.69, 9.17) is 17.3 Å². The predicted molar refractivity (Wildman–Crippen MR) is 64.1 cm³/mol. The number of primary amides is 1. The van der Waals surface area contributed by atoms with E-state index in [1.54, 1.807) is 11.3 Å². The molecule has 0 fully saturated rings. The van der Waals surface area contributed by atoms with E-state index in [1.807, 2.05) is 25.3 Å². The zero-order valence-corrected chi connectivity index (χ0v) is 10.4. The first-order valence-corrected chi connectivity index (χ1v) is 5.91. The fourth-order valence-electron chi connectivity index (χ4n) is 1.27. The van der Waals surface area contributed by atoms with Gasteiger partial charge in [-0.3, -0.25) is 4.79 Å². The monoisotopic (exact) mass is 246 g/mol. The van der Waals surface area contributed by atoms with Crippen molar-refractivity contribution >= 4 is 28.8 Å². The number of hydrogen-bond acceptors (Lipinski definition) is 3. The van der Waals surface area contributed by atoms with Crippen LogP contribution in [-0.2, 0) is 11.3 Å². The molecule has 0 atom stereocenters. The van der Waals surface area contributed by atoms with Gasteiger partial charge in [-0.05, 0) is 19.9 Å². The van der Waals surface area contributed by atoms with Crippen LogP contribution in [0.2, 0.25) is 5.02 Å². The summed E-state index contributed by atoms with van der Waals surface area (Å²) >= 11 is 7.40. The molecule has 0 saturated carbocycles. The number of rotatable bonds is 5. The van der Waals surface area contributed by atoms with Crippen molar-refractivity contribution in [1.82, 2.24) is 5.32 Å². The van der Waals surface area contributed by atoms with Gasteiger partial charge in [0.05, 0.1) is 5.02 Å². The minimum absolute atomic E-state index is 0.275. The summed E-state index contributed by atoms with van der Waals surface area (Å²) in [5.74, 6) is -0.295. The van der Waals surface area contributed by atoms with E-state index in [0.29, 0.717) is 13.0 Å². The predicted octanol–water partition coefficient (Wildman–Crippen LogP) is 2.15. The van der Waals surface area contributed by atoms with Gasteiger partial charge in [0.15, 0.2) is 0 Å². The fraction of sp³-hybridized carbons (Fsp3) is 0.500. The molecule has 1 aromatic rings. The molecule has 3 nitrogen and oxygen atoms in total. The van der Waals surface area contributed by atoms with Gasteiger partial charge < -0.3 is 11.1 Å². The summed E-state index contributed by atoms with van der Waals surface area (Å²) in [7, 11) is 0. The first-order chi connectivity index (χ1) is 6.89. The molecule has 0 aliphatic carbocycles. The zero-order valence-electron chi connectivity index (χ0n) is 8.84. The first-order valence-electron chi connectivity index (χ1n) is 4.65. The molecule has 0 bridgehead atoms. The highest BCUT2D eigenvalue weighted by atomic mass is 35.5. The third kappa shape index (κ3) is 4.64. The summed E-state index contributed by atoms with van der Waals surface area (Å²) in [6.45, 7) is 4.61. The molecule has 0 spiro atoms. The Bertz CT molecular complexity index is 349. The number of halogens is 1. The highest BCUT2D eigenvalue weighted by Crippen LogP contribution is 2.20. The molecule has 0 radical (unpaired) electrons. The number of carbonyl (C=O) groups excluding carboxylic acids is 1. The normalized spacial score (nSPS) is 11.7. The number of nitrogens with two attached hydrogens (primary N) is 1. The number of carbonyl (C=O) groups is 1. The smallest absolute Gasteiger partial charge is 0.219 e. The molecule has 0 aliphatic rings. The van der Waals surface area contributed by atoms with Crippen molar-refractivity contribution in [3.63, 3.8) is 0 Å². The number of thiophene rings is 1. The van der Waals surface area contributed by atoms with Crippen LogP contribution in [0.15, 0.2) is 11.4 Å². The molecule has 0 aromatic carbocycles. The Morgan fingerprint density at radius 3 is 2.80 bits per heavy atom. The van der Waals surface area contributed by atoms with E-state index < -0.39 is 0 Å². The molecule has 0 aliphatic heterocycles. The van der Waals surface area contributed by atoms with Crippen molar-refractivity contribution < 1.29 is 4.79 Å². The fourth-order valence-corrected chi connectivity index (χ4v) is 2.28. The summed E-state index contributed by atoms with van der Waals surface area (Å²) in [5, 5.41) is 5.91. The quantitative estimate of drug-likeness (QED) is 0.837. The van der Waals surface area contributed by atoms with Crippen LogP contribution < -0.4 is 11.1 Å². The van der Waals surface area contributed by atoms with Crippen LogP contribution in [0.25, 0.3) is 0 Å². The van der Waals surface area contributed by atoms with Gasteiger partial charge in [0.1, 0.15) is 0 Å². The van der Waals surface area contributed by atoms with Crippen molar-refractivity contribution in [2.24, 2.45) is 5.73 Å². The third-order valence-corrected chi connectivity index (χ3v) is 3.26. The molecule has 1 rings (SSSR count). The van der Waals surface area contributed by atoms with Crippen LogP contribution in [0, 0.1) is 0 Å². The van der Waals surface area contributed by atoms with Gasteiger partial charge in [-0.25, -0.2) is 0 Å². The highest BCUT2D eigenvalue weighted by Gasteiger charge is 2.19. The van der Waals surface area contributed by atoms with Crippen molar-refractivity contribution in [2.75, 3.05) is 0 Å². The van der Waals surface area contributed by atoms with Gasteiger partial charge >= 0.3 is 0 Å². The molecule has 15 heavy (non-hydrogen) atoms. The molecule has 1 amide bonds. The van der Waals surface area contributed by atoms with Crippen LogP contribution >= 0.6 is 22.9 Å². The molecule has 5 heteroatoms. The van der Waals surface area contributed by atoms with Crippen LogP contribution in [0.1, 0.15) is 25.1 Å². The van der Waals surface area contributed by atoms with Gasteiger partial charge in [-0.15, -0.1) is 11.3 Å². The Morgan fingerprint density at radius 2 is 2.33 bits per heavy atom. The lowest BCUT2D eigenvalue weighted by Gasteiger charge is -2.24. The molecular formula is C10H15ClN2OS. The van der Waals surface area contributed by atoms with E-state index in [0.717, 1.165) is 9.90 Å². The molecule has 0 saturated heterocycles. The van der Waals surface area contributed by atoms with E-state index in [9.17, 15) is 4.79 Å². The van der Waals surface area contributed by atoms with Gasteiger partial charge in [-0.2, -0.15) is 0 Å². The number of amides is 1. The molecular weight excluding hydrogens is 232 g/mol. The Kier molecular flexibility index (Phi) is 4.13. The van der Waals surface area contributed by atoms with Gasteiger partial charge in [0, 0.05) is 28.8 Å². The van der Waals surface area contributed by atoms with Gasteiger partial charge in [0.25, 0.3) is 0 Å². The van der Waals surface area contributed by atoms with E-state index >= 15 is 0 Å². The Balaban J connectivity index is 2.45. The van der Waals surface area contributed by atoms with Crippen LogP contribution in [0.3, 0.4) is 0 Å². The van der Waals surface area contributed by atoms with Crippen molar-refractivity contribution in [3.05, 3.63) is 21.3 Å². The summed E-state index contributed by atoms with van der Waals surface area (Å²) in [6.07, 6.45) is 0.326. The first kappa shape index (κ1) is 12.5. The van der Waals surface area contributed by atoms with Crippen LogP contribution in [0.5, 0.6) is 0 Å². The van der Waals surface area contributed by atoms with Gasteiger partial charge in [-0.1, -0.05) is 11.6 Å². The maximum Gasteiger partial charge on any atom is 0.219 e. The molecule has 84 valence electrons. The number of hydrogen-bond donors (Lipinski definition) is 2. The molecule has 0 unspecified atom stereocenters. The lowest BCUT2D eigenvalue weighted by Crippen LogP contribution is -2.42. The lowest BCUT2D eigenvalue weighted by molar-refractivity contribution is -0.119. The second kappa shape index (κ2) is 4.96. The Labute approximate surface area is 98.6 Å². The maximum atomic E-state index is 10.8. The third-order valence-electron chi connectivity index (χ3n) is 1.98. The zero-order chi connectivity index (χ0) is 11.5. The molecule has 1 heterocycles. The summed E-state index contributed by atoms with van der Waals surface area (Å²) in [4.78, 5) is 11.9. The lowest BCUT2D eigenvalue weighted by atomic mass is 10.0. The van der Waals surface area contributed by atoms with Crippen LogP contribution in [-0.4, -0.2) is 11.4 Å². The summed E-state index contributed by atoms with van der Waals surface area (Å²) in [5.41, 5.74) is 4.88. The Morgan fingerprint density at radius 1 is 1.67 bits per heavy atom.